The van der Waals surface area contributed by atoms with Crippen molar-refractivity contribution in [2.75, 3.05) is 25.0 Å². The molecule has 1 saturated heterocycles. The summed E-state index contributed by atoms with van der Waals surface area (Å²) in [5.74, 6) is 2.56. The quantitative estimate of drug-likeness (QED) is 0.767. The van der Waals surface area contributed by atoms with E-state index in [4.69, 9.17) is 0 Å². The molecule has 1 fully saturated rings. The van der Waals surface area contributed by atoms with Crippen molar-refractivity contribution in [1.82, 2.24) is 24.9 Å². The second kappa shape index (κ2) is 3.91. The van der Waals surface area contributed by atoms with Crippen molar-refractivity contribution >= 4 is 11.5 Å². The van der Waals surface area contributed by atoms with Crippen molar-refractivity contribution in [2.45, 2.75) is 25.2 Å². The summed E-state index contributed by atoms with van der Waals surface area (Å²) in [5, 5.41) is 15.4. The van der Waals surface area contributed by atoms with Crippen LogP contribution in [0.15, 0.2) is 6.20 Å². The lowest BCUT2D eigenvalue weighted by Gasteiger charge is -2.21. The third-order valence-corrected chi connectivity index (χ3v) is 3.88. The molecule has 0 aromatic carbocycles. The predicted molar refractivity (Wildman–Crippen MR) is 67.8 cm³/mol. The van der Waals surface area contributed by atoms with Gasteiger partial charge in [-0.1, -0.05) is 0 Å². The summed E-state index contributed by atoms with van der Waals surface area (Å²) in [6.07, 6.45) is 5.22. The van der Waals surface area contributed by atoms with Crippen LogP contribution in [-0.4, -0.2) is 39.2 Å². The number of nitrogens with zero attached hydrogens (tertiary/aromatic N) is 4. The minimum atomic E-state index is 0.473. The molecule has 2 N–H and O–H groups in total. The molecule has 4 rings (SSSR count). The minimum Gasteiger partial charge on any atom is -0.368 e. The molecule has 4 heterocycles. The van der Waals surface area contributed by atoms with E-state index in [1.54, 1.807) is 0 Å². The Bertz CT molecular complexity index is 584. The Morgan fingerprint density at radius 3 is 3.17 bits per heavy atom. The van der Waals surface area contributed by atoms with E-state index in [-0.39, 0.29) is 0 Å². The van der Waals surface area contributed by atoms with Gasteiger partial charge >= 0.3 is 0 Å². The van der Waals surface area contributed by atoms with E-state index in [0.29, 0.717) is 5.92 Å². The first-order valence-corrected chi connectivity index (χ1v) is 6.61. The number of piperidine rings is 1. The largest absolute Gasteiger partial charge is 0.368 e. The van der Waals surface area contributed by atoms with E-state index < -0.39 is 0 Å². The van der Waals surface area contributed by atoms with E-state index in [9.17, 15) is 0 Å². The van der Waals surface area contributed by atoms with Crippen LogP contribution in [-0.2, 0) is 6.42 Å². The minimum absolute atomic E-state index is 0.473. The van der Waals surface area contributed by atoms with E-state index >= 15 is 0 Å². The molecule has 2 aliphatic rings. The summed E-state index contributed by atoms with van der Waals surface area (Å²) in [6.45, 7) is 3.09. The molecule has 2 aliphatic heterocycles. The first kappa shape index (κ1) is 10.3. The molecular weight excluding hydrogens is 228 g/mol. The molecule has 18 heavy (non-hydrogen) atoms. The summed E-state index contributed by atoms with van der Waals surface area (Å²) in [4.78, 5) is 4.40. The van der Waals surface area contributed by atoms with Gasteiger partial charge in [0.25, 0.3) is 0 Å². The molecule has 0 aliphatic carbocycles. The molecule has 6 heteroatoms. The highest BCUT2D eigenvalue weighted by atomic mass is 15.3. The van der Waals surface area contributed by atoms with Gasteiger partial charge in [-0.3, -0.25) is 4.40 Å². The summed E-state index contributed by atoms with van der Waals surface area (Å²) in [5.41, 5.74) is 2.11. The molecule has 0 unspecified atom stereocenters. The van der Waals surface area contributed by atoms with Gasteiger partial charge in [-0.25, -0.2) is 4.98 Å². The van der Waals surface area contributed by atoms with Gasteiger partial charge in [-0.15, -0.1) is 10.2 Å². The van der Waals surface area contributed by atoms with Crippen molar-refractivity contribution in [3.05, 3.63) is 17.7 Å². The topological polar surface area (TPSA) is 67.1 Å². The molecule has 0 bridgehead atoms. The average molecular weight is 244 g/mol. The lowest BCUT2D eigenvalue weighted by atomic mass is 9.99. The number of nitrogens with one attached hydrogen (secondary N) is 2. The Balaban J connectivity index is 1.87. The number of aromatic nitrogens is 4. The third-order valence-electron chi connectivity index (χ3n) is 3.88. The average Bonchev–Trinajstić information content (AvgIpc) is 3.05. The molecule has 0 amide bonds. The molecule has 2 aromatic heterocycles. The van der Waals surface area contributed by atoms with Gasteiger partial charge in [0.05, 0.1) is 11.9 Å². The van der Waals surface area contributed by atoms with Crippen LogP contribution in [0.3, 0.4) is 0 Å². The highest BCUT2D eigenvalue weighted by Crippen LogP contribution is 2.27. The second-order valence-electron chi connectivity index (χ2n) is 5.03. The number of hydrogen-bond acceptors (Lipinski definition) is 5. The van der Waals surface area contributed by atoms with E-state index in [1.165, 1.54) is 18.5 Å². The van der Waals surface area contributed by atoms with Crippen LogP contribution in [0.4, 0.5) is 5.82 Å². The smallest absolute Gasteiger partial charge is 0.179 e. The van der Waals surface area contributed by atoms with Gasteiger partial charge in [-0.2, -0.15) is 0 Å². The fourth-order valence-corrected chi connectivity index (χ4v) is 2.99. The zero-order valence-electron chi connectivity index (χ0n) is 10.2. The predicted octanol–water partition coefficient (Wildman–Crippen LogP) is 0.559. The van der Waals surface area contributed by atoms with Crippen molar-refractivity contribution in [1.29, 1.82) is 0 Å². The molecule has 2 aromatic rings. The van der Waals surface area contributed by atoms with Gasteiger partial charge in [0.15, 0.2) is 5.65 Å². The van der Waals surface area contributed by atoms with Gasteiger partial charge in [-0.05, 0) is 19.4 Å². The van der Waals surface area contributed by atoms with Crippen molar-refractivity contribution in [2.24, 2.45) is 0 Å². The highest BCUT2D eigenvalue weighted by Gasteiger charge is 2.24. The summed E-state index contributed by atoms with van der Waals surface area (Å²) in [7, 11) is 0. The molecule has 0 saturated carbocycles. The maximum absolute atomic E-state index is 4.40. The van der Waals surface area contributed by atoms with E-state index in [0.717, 1.165) is 43.3 Å². The first-order chi connectivity index (χ1) is 8.93. The number of fused-ring (bicyclic) bond motifs is 3. The highest BCUT2D eigenvalue weighted by molar-refractivity contribution is 5.52. The fourth-order valence-electron chi connectivity index (χ4n) is 2.99. The standard InChI is InChI=1S/C12H16N6/c1-2-8(6-13-4-1)12-17-16-10-7-15-11-9(18(10)12)3-5-14-11/h7-8,13-14H,1-6H2/t8-/m1/s1. The Labute approximate surface area is 105 Å². The third kappa shape index (κ3) is 1.42. The fraction of sp³-hybridized carbons (Fsp3) is 0.583. The Morgan fingerprint density at radius 1 is 1.28 bits per heavy atom. The maximum Gasteiger partial charge on any atom is 0.179 e. The zero-order valence-corrected chi connectivity index (χ0v) is 10.2. The molecule has 6 nitrogen and oxygen atoms in total. The zero-order chi connectivity index (χ0) is 11.9. The Kier molecular flexibility index (Phi) is 2.23. The number of anilines is 1. The molecular formula is C12H16N6. The lowest BCUT2D eigenvalue weighted by molar-refractivity contribution is 0.443. The number of hydrogen-bond donors (Lipinski definition) is 2. The lowest BCUT2D eigenvalue weighted by Crippen LogP contribution is -2.29. The van der Waals surface area contributed by atoms with Gasteiger partial charge in [0.2, 0.25) is 0 Å². The second-order valence-corrected chi connectivity index (χ2v) is 5.03. The van der Waals surface area contributed by atoms with E-state index in [1.807, 2.05) is 6.20 Å². The van der Waals surface area contributed by atoms with Crippen LogP contribution in [0.25, 0.3) is 5.65 Å². The summed E-state index contributed by atoms with van der Waals surface area (Å²) in [6, 6.07) is 0. The Morgan fingerprint density at radius 2 is 2.28 bits per heavy atom. The van der Waals surface area contributed by atoms with Gasteiger partial charge in [0.1, 0.15) is 11.6 Å². The molecule has 0 spiro atoms. The maximum atomic E-state index is 4.40. The van der Waals surface area contributed by atoms with Crippen molar-refractivity contribution < 1.29 is 0 Å². The molecule has 94 valence electrons. The summed E-state index contributed by atoms with van der Waals surface area (Å²) < 4.78 is 2.21. The Hall–Kier alpha value is -1.69. The molecule has 0 radical (unpaired) electrons. The van der Waals surface area contributed by atoms with Crippen molar-refractivity contribution in [3.8, 4) is 0 Å². The molecule has 1 atom stereocenters. The van der Waals surface area contributed by atoms with Crippen LogP contribution < -0.4 is 10.6 Å². The van der Waals surface area contributed by atoms with Crippen LogP contribution in [0.2, 0.25) is 0 Å². The van der Waals surface area contributed by atoms with Gasteiger partial charge in [0, 0.05) is 25.4 Å². The van der Waals surface area contributed by atoms with Gasteiger partial charge < -0.3 is 10.6 Å². The monoisotopic (exact) mass is 244 g/mol. The van der Waals surface area contributed by atoms with Crippen LogP contribution in [0.1, 0.15) is 30.3 Å². The van der Waals surface area contributed by atoms with E-state index in [2.05, 4.69) is 30.2 Å². The number of rotatable bonds is 1. The van der Waals surface area contributed by atoms with Crippen LogP contribution in [0, 0.1) is 0 Å². The van der Waals surface area contributed by atoms with Crippen LogP contribution in [0.5, 0.6) is 0 Å². The normalized spacial score (nSPS) is 23.0. The summed E-state index contributed by atoms with van der Waals surface area (Å²) >= 11 is 0. The SMILES string of the molecule is c1nc2c(n3c([C@@H]4CCCNC4)nnc13)CCN2. The van der Waals surface area contributed by atoms with Crippen LogP contribution >= 0.6 is 0 Å². The first-order valence-electron chi connectivity index (χ1n) is 6.61. The van der Waals surface area contributed by atoms with Crippen molar-refractivity contribution in [3.63, 3.8) is 0 Å².